The second kappa shape index (κ2) is 8.58. The molecule has 0 aromatic heterocycles. The molecular weight excluding hydrogens is 144 g/mol. The maximum atomic E-state index is 3.73. The summed E-state index contributed by atoms with van der Waals surface area (Å²) in [6.07, 6.45) is 12.8. The Hall–Kier alpha value is -0.520. The predicted molar refractivity (Wildman–Crippen MR) is 57.3 cm³/mol. The van der Waals surface area contributed by atoms with Gasteiger partial charge in [0.05, 0.1) is 0 Å². The van der Waals surface area contributed by atoms with Crippen LogP contribution in [-0.2, 0) is 0 Å². The fraction of sp³-hybridized carbons (Fsp3) is 0.667. The van der Waals surface area contributed by atoms with Gasteiger partial charge in [0.15, 0.2) is 0 Å². The van der Waals surface area contributed by atoms with Crippen LogP contribution in [0.15, 0.2) is 24.8 Å². The Kier molecular flexibility index (Phi) is 8.20. The highest BCUT2D eigenvalue weighted by atomic mass is 14.0. The van der Waals surface area contributed by atoms with Crippen molar-refractivity contribution >= 4 is 0 Å². The molecule has 0 aliphatic rings. The van der Waals surface area contributed by atoms with Gasteiger partial charge < -0.3 is 0 Å². The van der Waals surface area contributed by atoms with Crippen LogP contribution < -0.4 is 0 Å². The van der Waals surface area contributed by atoms with Crippen molar-refractivity contribution in [3.8, 4) is 0 Å². The van der Waals surface area contributed by atoms with Crippen LogP contribution in [0.4, 0.5) is 0 Å². The smallest absolute Gasteiger partial charge is 0.0348 e. The highest BCUT2D eigenvalue weighted by Gasteiger charge is 1.97. The zero-order valence-electron chi connectivity index (χ0n) is 8.55. The van der Waals surface area contributed by atoms with Gasteiger partial charge in [-0.1, -0.05) is 32.1 Å². The summed E-state index contributed by atoms with van der Waals surface area (Å²) in [4.78, 5) is 0. The second-order valence-corrected chi connectivity index (χ2v) is 3.43. The van der Waals surface area contributed by atoms with Crippen LogP contribution in [0, 0.1) is 5.92 Å². The van der Waals surface area contributed by atoms with E-state index in [0.717, 1.165) is 5.92 Å². The van der Waals surface area contributed by atoms with Crippen LogP contribution in [0.5, 0.6) is 0 Å². The van der Waals surface area contributed by atoms with E-state index in [9.17, 15) is 0 Å². The van der Waals surface area contributed by atoms with Crippen molar-refractivity contribution in [3.63, 3.8) is 0 Å². The van der Waals surface area contributed by atoms with Crippen molar-refractivity contribution in [2.45, 2.75) is 46.0 Å². The van der Waals surface area contributed by atoms with E-state index in [1.54, 1.807) is 0 Å². The fourth-order valence-electron chi connectivity index (χ4n) is 1.21. The molecule has 70 valence electrons. The Morgan fingerprint density at radius 2 is 1.83 bits per heavy atom. The van der Waals surface area contributed by atoms with E-state index in [0.29, 0.717) is 0 Å². The number of rotatable bonds is 7. The maximum absolute atomic E-state index is 3.73. The SMILES string of the molecule is C=CCCC(C)CCC=CCC. The summed E-state index contributed by atoms with van der Waals surface area (Å²) in [5.74, 6) is 0.851. The molecule has 0 aromatic carbocycles. The normalized spacial score (nSPS) is 13.5. The highest BCUT2D eigenvalue weighted by molar-refractivity contribution is 4.80. The topological polar surface area (TPSA) is 0 Å². The molecular formula is C12H22. The van der Waals surface area contributed by atoms with Crippen LogP contribution >= 0.6 is 0 Å². The van der Waals surface area contributed by atoms with Crippen LogP contribution in [0.2, 0.25) is 0 Å². The minimum Gasteiger partial charge on any atom is -0.103 e. The first-order chi connectivity index (χ1) is 5.81. The molecule has 0 fully saturated rings. The van der Waals surface area contributed by atoms with Crippen molar-refractivity contribution in [1.82, 2.24) is 0 Å². The molecule has 0 heterocycles. The van der Waals surface area contributed by atoms with Gasteiger partial charge in [-0.05, 0) is 38.0 Å². The summed E-state index contributed by atoms with van der Waals surface area (Å²) in [5, 5.41) is 0. The summed E-state index contributed by atoms with van der Waals surface area (Å²) in [6, 6.07) is 0. The molecule has 0 saturated heterocycles. The average molecular weight is 166 g/mol. The number of allylic oxidation sites excluding steroid dienone is 3. The lowest BCUT2D eigenvalue weighted by atomic mass is 10.00. The quantitative estimate of drug-likeness (QED) is 0.494. The lowest BCUT2D eigenvalue weighted by molar-refractivity contribution is 0.502. The molecule has 0 saturated carbocycles. The van der Waals surface area contributed by atoms with Gasteiger partial charge in [-0.15, -0.1) is 6.58 Å². The molecule has 0 heteroatoms. The van der Waals surface area contributed by atoms with E-state index in [-0.39, 0.29) is 0 Å². The van der Waals surface area contributed by atoms with Crippen LogP contribution in [-0.4, -0.2) is 0 Å². The Morgan fingerprint density at radius 3 is 2.42 bits per heavy atom. The Morgan fingerprint density at radius 1 is 1.17 bits per heavy atom. The van der Waals surface area contributed by atoms with Crippen molar-refractivity contribution in [3.05, 3.63) is 24.8 Å². The molecule has 1 atom stereocenters. The van der Waals surface area contributed by atoms with Gasteiger partial charge in [-0.3, -0.25) is 0 Å². The molecule has 0 aliphatic heterocycles. The molecule has 0 spiro atoms. The Bertz CT molecular complexity index is 122. The molecule has 0 bridgehead atoms. The van der Waals surface area contributed by atoms with E-state index >= 15 is 0 Å². The summed E-state index contributed by atoms with van der Waals surface area (Å²) < 4.78 is 0. The summed E-state index contributed by atoms with van der Waals surface area (Å²) in [5.41, 5.74) is 0. The lowest BCUT2D eigenvalue weighted by Crippen LogP contribution is -1.92. The molecule has 0 amide bonds. The predicted octanol–water partition coefficient (Wildman–Crippen LogP) is 4.34. The molecule has 1 unspecified atom stereocenters. The van der Waals surface area contributed by atoms with E-state index in [2.05, 4.69) is 32.6 Å². The summed E-state index contributed by atoms with van der Waals surface area (Å²) in [7, 11) is 0. The molecule has 0 aliphatic carbocycles. The third kappa shape index (κ3) is 7.59. The first-order valence-corrected chi connectivity index (χ1v) is 5.07. The van der Waals surface area contributed by atoms with Crippen molar-refractivity contribution in [2.24, 2.45) is 5.92 Å². The minimum absolute atomic E-state index is 0.851. The molecule has 0 nitrogen and oxygen atoms in total. The largest absolute Gasteiger partial charge is 0.103 e. The van der Waals surface area contributed by atoms with Gasteiger partial charge in [0, 0.05) is 0 Å². The van der Waals surface area contributed by atoms with Crippen LogP contribution in [0.1, 0.15) is 46.0 Å². The van der Waals surface area contributed by atoms with Gasteiger partial charge in [0.1, 0.15) is 0 Å². The standard InChI is InChI=1S/C12H22/c1-4-6-8-9-11-12(3)10-7-5-2/h5-6,8,12H,2,4,7,9-11H2,1,3H3. The van der Waals surface area contributed by atoms with E-state index in [1.807, 2.05) is 6.08 Å². The van der Waals surface area contributed by atoms with Crippen molar-refractivity contribution < 1.29 is 0 Å². The molecule has 12 heavy (non-hydrogen) atoms. The van der Waals surface area contributed by atoms with Gasteiger partial charge in [-0.2, -0.15) is 0 Å². The Labute approximate surface area is 77.4 Å². The molecule has 0 radical (unpaired) electrons. The Balaban J connectivity index is 3.24. The second-order valence-electron chi connectivity index (χ2n) is 3.43. The van der Waals surface area contributed by atoms with E-state index in [1.165, 1.54) is 32.1 Å². The van der Waals surface area contributed by atoms with Gasteiger partial charge in [0.2, 0.25) is 0 Å². The van der Waals surface area contributed by atoms with Crippen molar-refractivity contribution in [1.29, 1.82) is 0 Å². The van der Waals surface area contributed by atoms with Gasteiger partial charge in [0.25, 0.3) is 0 Å². The third-order valence-corrected chi connectivity index (χ3v) is 2.09. The van der Waals surface area contributed by atoms with Crippen LogP contribution in [0.3, 0.4) is 0 Å². The first kappa shape index (κ1) is 11.5. The highest BCUT2D eigenvalue weighted by Crippen LogP contribution is 2.12. The van der Waals surface area contributed by atoms with E-state index in [4.69, 9.17) is 0 Å². The fourth-order valence-corrected chi connectivity index (χ4v) is 1.21. The number of hydrogen-bond acceptors (Lipinski definition) is 0. The summed E-state index contributed by atoms with van der Waals surface area (Å²) in [6.45, 7) is 8.23. The average Bonchev–Trinajstić information content (AvgIpc) is 2.09. The monoisotopic (exact) mass is 166 g/mol. The minimum atomic E-state index is 0.851. The zero-order valence-corrected chi connectivity index (χ0v) is 8.55. The molecule has 0 N–H and O–H groups in total. The first-order valence-electron chi connectivity index (χ1n) is 5.07. The van der Waals surface area contributed by atoms with Crippen molar-refractivity contribution in [2.75, 3.05) is 0 Å². The molecule has 0 rings (SSSR count). The lowest BCUT2D eigenvalue weighted by Gasteiger charge is -2.06. The number of hydrogen-bond donors (Lipinski definition) is 0. The van der Waals surface area contributed by atoms with Gasteiger partial charge >= 0.3 is 0 Å². The third-order valence-electron chi connectivity index (χ3n) is 2.09. The summed E-state index contributed by atoms with van der Waals surface area (Å²) >= 11 is 0. The van der Waals surface area contributed by atoms with Crippen LogP contribution in [0.25, 0.3) is 0 Å². The van der Waals surface area contributed by atoms with Gasteiger partial charge in [-0.25, -0.2) is 0 Å². The molecule has 0 aromatic rings. The maximum Gasteiger partial charge on any atom is -0.0348 e. The zero-order chi connectivity index (χ0) is 9.23. The van der Waals surface area contributed by atoms with E-state index < -0.39 is 0 Å².